The van der Waals surface area contributed by atoms with E-state index in [9.17, 15) is 18.4 Å². The Balaban J connectivity index is 1.53. The van der Waals surface area contributed by atoms with E-state index in [-0.39, 0.29) is 24.3 Å². The molecule has 3 rings (SSSR count). The number of nitrogens with zero attached hydrogens (tertiary/aromatic N) is 2. The van der Waals surface area contributed by atoms with Crippen LogP contribution in [0.1, 0.15) is 22.5 Å². The topological polar surface area (TPSA) is 62.3 Å². The summed E-state index contributed by atoms with van der Waals surface area (Å²) in [6.45, 7) is 0.935. The zero-order valence-electron chi connectivity index (χ0n) is 13.4. The molecule has 1 aliphatic rings. The van der Waals surface area contributed by atoms with E-state index < -0.39 is 11.6 Å². The number of hydrogen-bond donors (Lipinski definition) is 1. The second-order valence-electron chi connectivity index (χ2n) is 5.94. The summed E-state index contributed by atoms with van der Waals surface area (Å²) >= 11 is 0. The van der Waals surface area contributed by atoms with Crippen molar-refractivity contribution in [3.8, 4) is 0 Å². The molecule has 1 saturated heterocycles. The Morgan fingerprint density at radius 1 is 1.20 bits per heavy atom. The summed E-state index contributed by atoms with van der Waals surface area (Å²) in [5.74, 6) is -2.37. The molecule has 7 heteroatoms. The van der Waals surface area contributed by atoms with Crippen LogP contribution in [0.4, 0.5) is 8.78 Å². The smallest absolute Gasteiger partial charge is 0.272 e. The van der Waals surface area contributed by atoms with Crippen LogP contribution in [0.5, 0.6) is 0 Å². The third-order valence-electron chi connectivity index (χ3n) is 4.07. The molecule has 1 fully saturated rings. The fourth-order valence-corrected chi connectivity index (χ4v) is 2.83. The van der Waals surface area contributed by atoms with Crippen LogP contribution >= 0.6 is 0 Å². The van der Waals surface area contributed by atoms with Gasteiger partial charge in [-0.2, -0.15) is 0 Å². The van der Waals surface area contributed by atoms with Crippen molar-refractivity contribution in [3.05, 3.63) is 65.5 Å². The van der Waals surface area contributed by atoms with Crippen LogP contribution < -0.4 is 5.32 Å². The van der Waals surface area contributed by atoms with Crippen LogP contribution in [-0.4, -0.2) is 40.8 Å². The fourth-order valence-electron chi connectivity index (χ4n) is 2.83. The van der Waals surface area contributed by atoms with Crippen LogP contribution in [0.25, 0.3) is 0 Å². The van der Waals surface area contributed by atoms with Gasteiger partial charge in [0.1, 0.15) is 5.69 Å². The molecule has 1 aromatic carbocycles. The number of carbonyl (C=O) groups excluding carboxylic acids is 2. The monoisotopic (exact) mass is 345 g/mol. The Morgan fingerprint density at radius 3 is 2.76 bits per heavy atom. The number of carbonyl (C=O) groups is 2. The van der Waals surface area contributed by atoms with Crippen molar-refractivity contribution in [3.63, 3.8) is 0 Å². The molecule has 25 heavy (non-hydrogen) atoms. The van der Waals surface area contributed by atoms with E-state index in [1.807, 2.05) is 0 Å². The zero-order valence-corrected chi connectivity index (χ0v) is 13.4. The average molecular weight is 345 g/mol. The van der Waals surface area contributed by atoms with Gasteiger partial charge in [0.25, 0.3) is 5.91 Å². The highest BCUT2D eigenvalue weighted by molar-refractivity contribution is 5.92. The quantitative estimate of drug-likeness (QED) is 0.921. The summed E-state index contributed by atoms with van der Waals surface area (Å²) < 4.78 is 26.1. The number of likely N-dealkylation sites (tertiary alicyclic amines) is 1. The minimum atomic E-state index is -0.974. The normalized spacial score (nSPS) is 16.7. The third-order valence-corrected chi connectivity index (χ3v) is 4.07. The van der Waals surface area contributed by atoms with Gasteiger partial charge in [-0.3, -0.25) is 14.6 Å². The van der Waals surface area contributed by atoms with Gasteiger partial charge in [0.05, 0.1) is 6.42 Å². The first-order chi connectivity index (χ1) is 12.0. The van der Waals surface area contributed by atoms with Crippen molar-refractivity contribution in [2.75, 3.05) is 13.1 Å². The Bertz CT molecular complexity index is 783. The maximum absolute atomic E-state index is 13.2. The van der Waals surface area contributed by atoms with Crippen molar-refractivity contribution >= 4 is 11.8 Å². The lowest BCUT2D eigenvalue weighted by Crippen LogP contribution is -2.39. The first-order valence-corrected chi connectivity index (χ1v) is 7.96. The molecule has 0 saturated carbocycles. The minimum absolute atomic E-state index is 0.0398. The number of benzene rings is 1. The molecule has 1 atom stereocenters. The van der Waals surface area contributed by atoms with Gasteiger partial charge in [0.2, 0.25) is 5.91 Å². The summed E-state index contributed by atoms with van der Waals surface area (Å²) in [6.07, 6.45) is 2.16. The largest absolute Gasteiger partial charge is 0.351 e. The highest BCUT2D eigenvalue weighted by atomic mass is 19.2. The number of hydrogen-bond acceptors (Lipinski definition) is 3. The molecule has 5 nitrogen and oxygen atoms in total. The van der Waals surface area contributed by atoms with Gasteiger partial charge >= 0.3 is 0 Å². The van der Waals surface area contributed by atoms with Gasteiger partial charge in [0.15, 0.2) is 11.6 Å². The van der Waals surface area contributed by atoms with Crippen LogP contribution in [-0.2, 0) is 11.2 Å². The predicted octanol–water partition coefficient (Wildman–Crippen LogP) is 1.93. The highest BCUT2D eigenvalue weighted by Crippen LogP contribution is 2.13. The zero-order chi connectivity index (χ0) is 17.8. The summed E-state index contributed by atoms with van der Waals surface area (Å²) in [5.41, 5.74) is 0.770. The SMILES string of the molecule is O=C(Cc1ccc(F)c(F)c1)N[C@@H]1CCN(C(=O)c2ccccn2)C1. The van der Waals surface area contributed by atoms with Gasteiger partial charge in [-0.25, -0.2) is 8.78 Å². The molecule has 1 aromatic heterocycles. The lowest BCUT2D eigenvalue weighted by Gasteiger charge is -2.16. The van der Waals surface area contributed by atoms with Gasteiger partial charge in [-0.15, -0.1) is 0 Å². The van der Waals surface area contributed by atoms with E-state index in [0.29, 0.717) is 30.8 Å². The molecule has 1 aliphatic heterocycles. The number of rotatable bonds is 4. The molecule has 0 unspecified atom stereocenters. The molecule has 0 spiro atoms. The number of nitrogens with one attached hydrogen (secondary N) is 1. The Morgan fingerprint density at radius 2 is 2.04 bits per heavy atom. The van der Waals surface area contributed by atoms with Crippen LogP contribution in [0, 0.1) is 11.6 Å². The molecule has 0 bridgehead atoms. The van der Waals surface area contributed by atoms with Crippen molar-refractivity contribution in [1.82, 2.24) is 15.2 Å². The molecule has 2 aromatic rings. The predicted molar refractivity (Wildman–Crippen MR) is 86.8 cm³/mol. The maximum Gasteiger partial charge on any atom is 0.272 e. The van der Waals surface area contributed by atoms with Crippen LogP contribution in [0.15, 0.2) is 42.6 Å². The molecular formula is C18H17F2N3O2. The van der Waals surface area contributed by atoms with Gasteiger partial charge in [-0.1, -0.05) is 12.1 Å². The number of amides is 2. The first-order valence-electron chi connectivity index (χ1n) is 7.96. The van der Waals surface area contributed by atoms with Crippen LogP contribution in [0.3, 0.4) is 0 Å². The molecular weight excluding hydrogens is 328 g/mol. The van der Waals surface area contributed by atoms with Gasteiger partial charge in [0, 0.05) is 25.3 Å². The van der Waals surface area contributed by atoms with Crippen molar-refractivity contribution < 1.29 is 18.4 Å². The molecule has 2 heterocycles. The van der Waals surface area contributed by atoms with Crippen molar-refractivity contribution in [2.24, 2.45) is 0 Å². The molecule has 1 N–H and O–H groups in total. The van der Waals surface area contributed by atoms with E-state index in [4.69, 9.17) is 0 Å². The van der Waals surface area contributed by atoms with E-state index >= 15 is 0 Å². The Hall–Kier alpha value is -2.83. The summed E-state index contributed by atoms with van der Waals surface area (Å²) in [6, 6.07) is 8.37. The second-order valence-corrected chi connectivity index (χ2v) is 5.94. The van der Waals surface area contributed by atoms with Crippen molar-refractivity contribution in [2.45, 2.75) is 18.9 Å². The summed E-state index contributed by atoms with van der Waals surface area (Å²) in [5, 5.41) is 2.83. The van der Waals surface area contributed by atoms with Gasteiger partial charge < -0.3 is 10.2 Å². The fraction of sp³-hybridized carbons (Fsp3) is 0.278. The van der Waals surface area contributed by atoms with E-state index in [1.54, 1.807) is 29.3 Å². The lowest BCUT2D eigenvalue weighted by molar-refractivity contribution is -0.121. The summed E-state index contributed by atoms with van der Waals surface area (Å²) in [7, 11) is 0. The number of halogens is 2. The standard InChI is InChI=1S/C18H17F2N3O2/c19-14-5-4-12(9-15(14)20)10-17(24)22-13-6-8-23(11-13)18(25)16-3-1-2-7-21-16/h1-5,7,9,13H,6,8,10-11H2,(H,22,24)/t13-/m1/s1. The Kier molecular flexibility index (Phi) is 5.02. The first kappa shape index (κ1) is 17.0. The molecule has 0 aliphatic carbocycles. The second kappa shape index (κ2) is 7.38. The van der Waals surface area contributed by atoms with E-state index in [2.05, 4.69) is 10.3 Å². The molecule has 0 radical (unpaired) electrons. The van der Waals surface area contributed by atoms with E-state index in [1.165, 1.54) is 6.07 Å². The molecule has 2 amide bonds. The Labute approximate surface area is 143 Å². The minimum Gasteiger partial charge on any atom is -0.351 e. The van der Waals surface area contributed by atoms with E-state index in [0.717, 1.165) is 12.1 Å². The molecule has 130 valence electrons. The highest BCUT2D eigenvalue weighted by Gasteiger charge is 2.28. The van der Waals surface area contributed by atoms with Crippen molar-refractivity contribution in [1.29, 1.82) is 0 Å². The average Bonchev–Trinajstić information content (AvgIpc) is 3.06. The third kappa shape index (κ3) is 4.17. The summed E-state index contributed by atoms with van der Waals surface area (Å²) in [4.78, 5) is 30.1. The lowest BCUT2D eigenvalue weighted by atomic mass is 10.1. The maximum atomic E-state index is 13.2. The number of pyridine rings is 1. The van der Waals surface area contributed by atoms with Gasteiger partial charge in [-0.05, 0) is 36.2 Å². The number of aromatic nitrogens is 1. The van der Waals surface area contributed by atoms with Crippen LogP contribution in [0.2, 0.25) is 0 Å².